The highest BCUT2D eigenvalue weighted by atomic mass is 19.3. The molecule has 1 aromatic carbocycles. The third kappa shape index (κ3) is 5.06. The molecule has 0 bridgehead atoms. The number of pyridine rings is 2. The van der Waals surface area contributed by atoms with Crippen molar-refractivity contribution in [3.8, 4) is 5.75 Å². The molecule has 2 heterocycles. The number of rotatable bonds is 3. The Balaban J connectivity index is 0.000000243. The maximum Gasteiger partial charge on any atom is 0.268 e. The number of alkyl halides is 2. The second kappa shape index (κ2) is 9.37. The van der Waals surface area contributed by atoms with Gasteiger partial charge >= 0.3 is 0 Å². The van der Waals surface area contributed by atoms with E-state index in [-0.39, 0.29) is 29.7 Å². The minimum atomic E-state index is -2.70. The largest absolute Gasteiger partial charge is 0.494 e. The molecule has 0 unspecified atom stereocenters. The molecule has 4 rings (SSSR count). The number of methoxy groups -OCH3 is 1. The predicted molar refractivity (Wildman–Crippen MR) is 110 cm³/mol. The summed E-state index contributed by atoms with van der Waals surface area (Å²) < 4.78 is 56.4. The minimum Gasteiger partial charge on any atom is -0.494 e. The predicted octanol–water partition coefficient (Wildman–Crippen LogP) is 4.29. The summed E-state index contributed by atoms with van der Waals surface area (Å²) in [5.41, 5.74) is 5.53. The maximum absolute atomic E-state index is 13.6. The molecule has 1 amide bonds. The number of H-pyrrole nitrogens is 1. The van der Waals surface area contributed by atoms with Gasteiger partial charge in [0.25, 0.3) is 5.91 Å². The number of hydrogen-bond donors (Lipinski definition) is 2. The first-order chi connectivity index (χ1) is 15.1. The number of benzene rings is 1. The molecule has 10 heteroatoms. The molecule has 170 valence electrons. The summed E-state index contributed by atoms with van der Waals surface area (Å²) in [6.45, 7) is 0. The number of aromatic amines is 1. The minimum absolute atomic E-state index is 0.0694. The molecular weight excluding hydrogens is 430 g/mol. The number of carbonyl (C=O) groups is 1. The fraction of sp³-hybridized carbons (Fsp3) is 0.318. The van der Waals surface area contributed by atoms with Gasteiger partial charge in [-0.25, -0.2) is 13.2 Å². The lowest BCUT2D eigenvalue weighted by Gasteiger charge is -2.29. The Hall–Kier alpha value is -3.43. The van der Waals surface area contributed by atoms with Gasteiger partial charge in [0.2, 0.25) is 11.7 Å². The number of nitrogens with two attached hydrogens (primary N) is 1. The Labute approximate surface area is 180 Å². The third-order valence-corrected chi connectivity index (χ3v) is 5.21. The van der Waals surface area contributed by atoms with Crippen molar-refractivity contribution in [3.05, 3.63) is 69.8 Å². The zero-order chi connectivity index (χ0) is 23.5. The zero-order valence-electron chi connectivity index (χ0n) is 17.1. The van der Waals surface area contributed by atoms with Gasteiger partial charge in [0, 0.05) is 36.7 Å². The van der Waals surface area contributed by atoms with Crippen molar-refractivity contribution in [1.82, 2.24) is 9.97 Å². The lowest BCUT2D eigenvalue weighted by atomic mass is 9.84. The van der Waals surface area contributed by atoms with E-state index in [9.17, 15) is 27.2 Å². The Morgan fingerprint density at radius 2 is 2.03 bits per heavy atom. The lowest BCUT2D eigenvalue weighted by Crippen LogP contribution is -2.26. The van der Waals surface area contributed by atoms with E-state index in [0.717, 1.165) is 6.07 Å². The number of primary amides is 1. The number of aromatic nitrogens is 2. The molecule has 2 aromatic heterocycles. The number of nitrogens with zero attached hydrogens (tertiary/aromatic N) is 1. The first-order valence-electron chi connectivity index (χ1n) is 9.80. The number of carbonyl (C=O) groups excluding carboxylic acids is 1. The van der Waals surface area contributed by atoms with E-state index >= 15 is 0 Å². The number of fused-ring (bicyclic) bond motifs is 1. The van der Waals surface area contributed by atoms with Gasteiger partial charge in [0.05, 0.1) is 18.0 Å². The van der Waals surface area contributed by atoms with Crippen molar-refractivity contribution in [3.63, 3.8) is 0 Å². The first kappa shape index (κ1) is 23.2. The summed E-state index contributed by atoms with van der Waals surface area (Å²) in [7, 11) is 1.29. The van der Waals surface area contributed by atoms with E-state index in [1.165, 1.54) is 37.6 Å². The van der Waals surface area contributed by atoms with E-state index in [4.69, 9.17) is 5.73 Å². The topological polar surface area (TPSA) is 98.1 Å². The summed E-state index contributed by atoms with van der Waals surface area (Å²) in [4.78, 5) is 30.4. The van der Waals surface area contributed by atoms with Crippen LogP contribution in [0.3, 0.4) is 0 Å². The van der Waals surface area contributed by atoms with Crippen molar-refractivity contribution in [1.29, 1.82) is 0 Å². The first-order valence-corrected chi connectivity index (χ1v) is 9.80. The van der Waals surface area contributed by atoms with Gasteiger partial charge in [-0.05, 0) is 31.0 Å². The Bertz CT molecular complexity index is 1200. The zero-order valence-corrected chi connectivity index (χ0v) is 17.1. The fourth-order valence-corrected chi connectivity index (χ4v) is 3.71. The molecule has 0 saturated heterocycles. The van der Waals surface area contributed by atoms with Gasteiger partial charge in [-0.2, -0.15) is 4.39 Å². The highest BCUT2D eigenvalue weighted by Gasteiger charge is 2.37. The smallest absolute Gasteiger partial charge is 0.268 e. The summed E-state index contributed by atoms with van der Waals surface area (Å²) in [6, 6.07) is 6.60. The van der Waals surface area contributed by atoms with E-state index in [1.807, 2.05) is 0 Å². The number of amides is 1. The molecule has 1 aliphatic rings. The Morgan fingerprint density at radius 3 is 2.66 bits per heavy atom. The molecule has 1 saturated carbocycles. The Morgan fingerprint density at radius 1 is 1.28 bits per heavy atom. The van der Waals surface area contributed by atoms with Gasteiger partial charge in [-0.3, -0.25) is 14.6 Å². The van der Waals surface area contributed by atoms with E-state index in [2.05, 4.69) is 14.7 Å². The van der Waals surface area contributed by atoms with Crippen LogP contribution in [0.5, 0.6) is 5.75 Å². The molecule has 0 radical (unpaired) electrons. The molecule has 3 N–H and O–H groups in total. The highest BCUT2D eigenvalue weighted by molar-refractivity contribution is 6.03. The van der Waals surface area contributed by atoms with Crippen LogP contribution in [0.2, 0.25) is 0 Å². The second-order valence-corrected chi connectivity index (χ2v) is 7.44. The standard InChI is InChI=1S/C15H15F2N3O2.C7H6F2O/c16-15(17)4-1-2-8(7-15)10-6-11(21)12-9(20-10)3-5-19-13(12)14(18)22;1-10-6-4-2-3-5(8)7(6)9/h3,5-6,8H,1-2,4,7H2,(H2,18,22)(H,20,21);2-4H,1H3/t8-;/m0./s1. The van der Waals surface area contributed by atoms with Crippen molar-refractivity contribution in [2.24, 2.45) is 5.73 Å². The number of hydrogen-bond acceptors (Lipinski definition) is 4. The molecule has 3 aromatic rings. The SMILES string of the molecule is COc1cccc(F)c1F.NC(=O)c1nccc2[nH]c([C@H]3CCCC(F)(F)C3)cc(=O)c12. The van der Waals surface area contributed by atoms with Crippen molar-refractivity contribution < 1.29 is 27.1 Å². The van der Waals surface area contributed by atoms with Crippen LogP contribution in [0.15, 0.2) is 41.3 Å². The quantitative estimate of drug-likeness (QED) is 0.581. The molecule has 0 spiro atoms. The van der Waals surface area contributed by atoms with Gasteiger partial charge in [0.1, 0.15) is 5.69 Å². The molecule has 1 fully saturated rings. The summed E-state index contributed by atoms with van der Waals surface area (Å²) in [6.07, 6.45) is 1.99. The number of nitrogens with one attached hydrogen (secondary N) is 1. The van der Waals surface area contributed by atoms with Gasteiger partial charge in [-0.1, -0.05) is 6.07 Å². The average Bonchev–Trinajstić information content (AvgIpc) is 2.75. The van der Waals surface area contributed by atoms with Gasteiger partial charge in [0.15, 0.2) is 17.0 Å². The molecule has 1 aliphatic carbocycles. The summed E-state index contributed by atoms with van der Waals surface area (Å²) in [5, 5.41) is 0.0984. The third-order valence-electron chi connectivity index (χ3n) is 5.21. The van der Waals surface area contributed by atoms with Crippen LogP contribution >= 0.6 is 0 Å². The maximum atomic E-state index is 13.6. The summed E-state index contributed by atoms with van der Waals surface area (Å²) in [5.74, 6) is -5.80. The van der Waals surface area contributed by atoms with Crippen LogP contribution < -0.4 is 15.9 Å². The molecule has 0 aliphatic heterocycles. The highest BCUT2D eigenvalue weighted by Crippen LogP contribution is 2.41. The monoisotopic (exact) mass is 451 g/mol. The number of ether oxygens (including phenoxy) is 1. The average molecular weight is 451 g/mol. The van der Waals surface area contributed by atoms with E-state index in [0.29, 0.717) is 24.1 Å². The van der Waals surface area contributed by atoms with Crippen molar-refractivity contribution >= 4 is 16.8 Å². The van der Waals surface area contributed by atoms with Crippen LogP contribution in [0, 0.1) is 11.6 Å². The van der Waals surface area contributed by atoms with E-state index in [1.54, 1.807) is 0 Å². The molecule has 32 heavy (non-hydrogen) atoms. The Kier molecular flexibility index (Phi) is 6.81. The van der Waals surface area contributed by atoms with Crippen LogP contribution in [0.25, 0.3) is 10.9 Å². The normalized spacial score (nSPS) is 17.3. The van der Waals surface area contributed by atoms with Gasteiger partial charge < -0.3 is 15.5 Å². The van der Waals surface area contributed by atoms with Crippen LogP contribution in [-0.2, 0) is 0 Å². The van der Waals surface area contributed by atoms with E-state index < -0.39 is 34.8 Å². The van der Waals surface area contributed by atoms with Crippen LogP contribution in [0.4, 0.5) is 17.6 Å². The molecule has 1 atom stereocenters. The lowest BCUT2D eigenvalue weighted by molar-refractivity contribution is -0.0412. The number of halogens is 4. The second-order valence-electron chi connectivity index (χ2n) is 7.44. The van der Waals surface area contributed by atoms with Gasteiger partial charge in [-0.15, -0.1) is 0 Å². The fourth-order valence-electron chi connectivity index (χ4n) is 3.71. The van der Waals surface area contributed by atoms with Crippen LogP contribution in [-0.4, -0.2) is 28.9 Å². The summed E-state index contributed by atoms with van der Waals surface area (Å²) >= 11 is 0. The molecular formula is C22H21F4N3O3. The molecule has 6 nitrogen and oxygen atoms in total. The van der Waals surface area contributed by atoms with Crippen molar-refractivity contribution in [2.75, 3.05) is 7.11 Å². The van der Waals surface area contributed by atoms with Crippen LogP contribution in [0.1, 0.15) is 47.8 Å². The van der Waals surface area contributed by atoms with Crippen molar-refractivity contribution in [2.45, 2.75) is 37.5 Å².